The number of likely N-dealkylation sites (tertiary alicyclic amines) is 1. The molecule has 2 fully saturated rings. The smallest absolute Gasteiger partial charge is 0.393 e. The maximum Gasteiger partial charge on any atom is 0.401 e. The van der Waals surface area contributed by atoms with Gasteiger partial charge < -0.3 is 5.11 Å². The van der Waals surface area contributed by atoms with Crippen LogP contribution >= 0.6 is 11.8 Å². The molecule has 4 atom stereocenters. The molecule has 5 nitrogen and oxygen atoms in total. The molecule has 1 aromatic rings. The molecule has 2 aliphatic heterocycles. The summed E-state index contributed by atoms with van der Waals surface area (Å²) in [5, 5.41) is 10.5. The number of aryl methyl sites for hydroxylation is 1. The van der Waals surface area contributed by atoms with Crippen LogP contribution in [0, 0.1) is 12.8 Å². The fraction of sp³-hybridized carbons (Fsp3) is 0.778. The Kier molecular flexibility index (Phi) is 6.05. The van der Waals surface area contributed by atoms with E-state index in [9.17, 15) is 18.3 Å². The first-order chi connectivity index (χ1) is 12.6. The monoisotopic (exact) mass is 404 g/mol. The van der Waals surface area contributed by atoms with Crippen LogP contribution in [0.1, 0.15) is 37.7 Å². The molecule has 3 rings (SSSR count). The van der Waals surface area contributed by atoms with E-state index >= 15 is 0 Å². The number of aliphatic hydroxyl groups excluding tert-OH is 1. The van der Waals surface area contributed by atoms with Crippen molar-refractivity contribution < 1.29 is 18.3 Å². The Balaban J connectivity index is 1.68. The van der Waals surface area contributed by atoms with Gasteiger partial charge in [-0.3, -0.25) is 9.80 Å². The molecule has 1 N–H and O–H groups in total. The predicted molar refractivity (Wildman–Crippen MR) is 99.4 cm³/mol. The van der Waals surface area contributed by atoms with Gasteiger partial charge >= 0.3 is 6.18 Å². The van der Waals surface area contributed by atoms with Crippen molar-refractivity contribution in [1.29, 1.82) is 0 Å². The number of halogens is 3. The quantitative estimate of drug-likeness (QED) is 0.833. The summed E-state index contributed by atoms with van der Waals surface area (Å²) in [5.74, 6) is 1.31. The number of nitrogens with zero attached hydrogens (tertiary/aromatic N) is 4. The van der Waals surface area contributed by atoms with Gasteiger partial charge in [-0.15, -0.1) is 11.8 Å². The summed E-state index contributed by atoms with van der Waals surface area (Å²) in [6, 6.07) is 0.118. The van der Waals surface area contributed by atoms with Crippen molar-refractivity contribution in [2.45, 2.75) is 50.3 Å². The Morgan fingerprint density at radius 2 is 2.04 bits per heavy atom. The zero-order valence-corrected chi connectivity index (χ0v) is 16.7. The lowest BCUT2D eigenvalue weighted by molar-refractivity contribution is -0.154. The highest BCUT2D eigenvalue weighted by molar-refractivity contribution is 8.00. The summed E-state index contributed by atoms with van der Waals surface area (Å²) in [6.07, 6.45) is -0.729. The number of aliphatic hydroxyl groups is 1. The number of aromatic nitrogens is 2. The van der Waals surface area contributed by atoms with Crippen LogP contribution in [0.15, 0.2) is 12.4 Å². The SMILES string of the molecule is Cc1ncc([C@@H](C)N2CSC(C)(C3CN(CC(F)(F)F)CCC3O)C2)cn1. The van der Waals surface area contributed by atoms with Gasteiger partial charge in [0.15, 0.2) is 0 Å². The first kappa shape index (κ1) is 20.8. The summed E-state index contributed by atoms with van der Waals surface area (Å²) in [7, 11) is 0. The summed E-state index contributed by atoms with van der Waals surface area (Å²) < 4.78 is 38.1. The lowest BCUT2D eigenvalue weighted by Crippen LogP contribution is -2.54. The summed E-state index contributed by atoms with van der Waals surface area (Å²) >= 11 is 1.73. The number of rotatable bonds is 4. The van der Waals surface area contributed by atoms with Crippen molar-refractivity contribution in [3.05, 3.63) is 23.8 Å². The van der Waals surface area contributed by atoms with Crippen LogP contribution in [0.2, 0.25) is 0 Å². The Hall–Kier alpha value is -0.900. The van der Waals surface area contributed by atoms with Crippen LogP contribution in [-0.4, -0.2) is 74.0 Å². The molecule has 2 aliphatic rings. The largest absolute Gasteiger partial charge is 0.401 e. The molecule has 0 bridgehead atoms. The van der Waals surface area contributed by atoms with Crippen LogP contribution in [-0.2, 0) is 0 Å². The second-order valence-corrected chi connectivity index (χ2v) is 9.36. The lowest BCUT2D eigenvalue weighted by atomic mass is 9.83. The van der Waals surface area contributed by atoms with Gasteiger partial charge in [0.05, 0.1) is 12.6 Å². The van der Waals surface area contributed by atoms with Crippen LogP contribution in [0.3, 0.4) is 0 Å². The zero-order chi connectivity index (χ0) is 19.8. The van der Waals surface area contributed by atoms with E-state index < -0.39 is 18.8 Å². The van der Waals surface area contributed by atoms with Crippen LogP contribution < -0.4 is 0 Å². The fourth-order valence-electron chi connectivity index (χ4n) is 4.03. The van der Waals surface area contributed by atoms with E-state index in [0.717, 1.165) is 17.3 Å². The molecule has 152 valence electrons. The van der Waals surface area contributed by atoms with Crippen molar-refractivity contribution in [3.63, 3.8) is 0 Å². The Morgan fingerprint density at radius 1 is 1.37 bits per heavy atom. The number of piperidine rings is 1. The van der Waals surface area contributed by atoms with Crippen molar-refractivity contribution in [1.82, 2.24) is 19.8 Å². The van der Waals surface area contributed by atoms with Gasteiger partial charge in [0.1, 0.15) is 5.82 Å². The number of hydrogen-bond acceptors (Lipinski definition) is 6. The van der Waals surface area contributed by atoms with Crippen LogP contribution in [0.4, 0.5) is 13.2 Å². The molecule has 0 saturated carbocycles. The molecule has 1 aromatic heterocycles. The van der Waals surface area contributed by atoms with Crippen molar-refractivity contribution >= 4 is 11.8 Å². The molecule has 0 aromatic carbocycles. The fourth-order valence-corrected chi connectivity index (χ4v) is 5.51. The minimum Gasteiger partial charge on any atom is -0.393 e. The third-order valence-corrected chi connectivity index (χ3v) is 7.31. The molecular weight excluding hydrogens is 377 g/mol. The predicted octanol–water partition coefficient (Wildman–Crippen LogP) is 2.86. The van der Waals surface area contributed by atoms with Crippen LogP contribution in [0.5, 0.6) is 0 Å². The van der Waals surface area contributed by atoms with Crippen molar-refractivity contribution in [3.8, 4) is 0 Å². The lowest BCUT2D eigenvalue weighted by Gasteiger charge is -2.44. The van der Waals surface area contributed by atoms with Gasteiger partial charge in [0.25, 0.3) is 0 Å². The Bertz CT molecular complexity index is 644. The molecule has 9 heteroatoms. The third-order valence-electron chi connectivity index (χ3n) is 5.76. The van der Waals surface area contributed by atoms with E-state index in [2.05, 4.69) is 28.7 Å². The minimum absolute atomic E-state index is 0.118. The highest BCUT2D eigenvalue weighted by atomic mass is 32.2. The maximum absolute atomic E-state index is 12.8. The van der Waals surface area contributed by atoms with E-state index in [-0.39, 0.29) is 23.3 Å². The zero-order valence-electron chi connectivity index (χ0n) is 15.9. The number of thioether (sulfide) groups is 1. The maximum atomic E-state index is 12.8. The Morgan fingerprint density at radius 3 is 2.67 bits per heavy atom. The third kappa shape index (κ3) is 4.93. The molecule has 27 heavy (non-hydrogen) atoms. The van der Waals surface area contributed by atoms with E-state index in [1.54, 1.807) is 11.8 Å². The van der Waals surface area contributed by atoms with Gasteiger partial charge in [-0.1, -0.05) is 0 Å². The number of hydrogen-bond donors (Lipinski definition) is 1. The highest BCUT2D eigenvalue weighted by Crippen LogP contribution is 2.46. The molecule has 0 aliphatic carbocycles. The van der Waals surface area contributed by atoms with Crippen molar-refractivity contribution in [2.24, 2.45) is 5.92 Å². The second kappa shape index (κ2) is 7.85. The first-order valence-electron chi connectivity index (χ1n) is 9.21. The van der Waals surface area contributed by atoms with Gasteiger partial charge in [-0.2, -0.15) is 13.2 Å². The normalized spacial score (nSPS) is 32.0. The average molecular weight is 405 g/mol. The molecule has 3 heterocycles. The van der Waals surface area contributed by atoms with E-state index in [1.807, 2.05) is 19.3 Å². The summed E-state index contributed by atoms with van der Waals surface area (Å²) in [5.41, 5.74) is 1.02. The number of alkyl halides is 3. The summed E-state index contributed by atoms with van der Waals surface area (Å²) in [4.78, 5) is 12.2. The molecule has 0 spiro atoms. The van der Waals surface area contributed by atoms with Gasteiger partial charge in [-0.05, 0) is 27.2 Å². The molecule has 0 radical (unpaired) electrons. The standard InChI is InChI=1S/C18H27F3N4OS/c1-12(14-6-22-13(2)23-7-14)25-9-17(3,27-11-25)15-8-24(5-4-16(15)26)10-18(19,20)21/h6-7,12,15-16,26H,4-5,8-11H2,1-3H3/t12-,15?,16?,17?/m1/s1. The Labute approximate surface area is 162 Å². The molecule has 2 saturated heterocycles. The molecule has 0 amide bonds. The minimum atomic E-state index is -4.21. The van der Waals surface area contributed by atoms with E-state index in [4.69, 9.17) is 0 Å². The molecular formula is C18H27F3N4OS. The molecule has 3 unspecified atom stereocenters. The second-order valence-electron chi connectivity index (χ2n) is 7.89. The highest BCUT2D eigenvalue weighted by Gasteiger charge is 2.48. The van der Waals surface area contributed by atoms with E-state index in [1.165, 1.54) is 4.90 Å². The van der Waals surface area contributed by atoms with Gasteiger partial charge in [-0.25, -0.2) is 9.97 Å². The van der Waals surface area contributed by atoms with Crippen molar-refractivity contribution in [2.75, 3.05) is 32.1 Å². The van der Waals surface area contributed by atoms with E-state index in [0.29, 0.717) is 19.5 Å². The first-order valence-corrected chi connectivity index (χ1v) is 10.2. The van der Waals surface area contributed by atoms with Crippen LogP contribution in [0.25, 0.3) is 0 Å². The average Bonchev–Trinajstić information content (AvgIpc) is 2.99. The topological polar surface area (TPSA) is 52.5 Å². The summed E-state index contributed by atoms with van der Waals surface area (Å²) in [6.45, 7) is 6.38. The van der Waals surface area contributed by atoms with Gasteiger partial charge in [0.2, 0.25) is 0 Å². The van der Waals surface area contributed by atoms with Gasteiger partial charge in [0, 0.05) is 60.2 Å².